The molecule has 0 spiro atoms. The fraction of sp³-hybridized carbons (Fsp3) is 0.533. The molecule has 1 aromatic rings. The van der Waals surface area contributed by atoms with E-state index < -0.39 is 0 Å². The predicted molar refractivity (Wildman–Crippen MR) is 76.0 cm³/mol. The molecule has 0 radical (unpaired) electrons. The van der Waals surface area contributed by atoms with Crippen molar-refractivity contribution in [2.24, 2.45) is 5.92 Å². The smallest absolute Gasteiger partial charge is 0.163 e. The molecule has 0 unspecified atom stereocenters. The molecule has 0 atom stereocenters. The molecule has 0 saturated heterocycles. The van der Waals surface area contributed by atoms with Gasteiger partial charge in [0.2, 0.25) is 0 Å². The molecule has 1 fully saturated rings. The highest BCUT2D eigenvalue weighted by Crippen LogP contribution is 2.27. The first kappa shape index (κ1) is 13.4. The molecule has 1 saturated carbocycles. The van der Waals surface area contributed by atoms with Gasteiger partial charge < -0.3 is 5.73 Å². The maximum absolute atomic E-state index is 12.2. The van der Waals surface area contributed by atoms with Gasteiger partial charge in [0.1, 0.15) is 0 Å². The van der Waals surface area contributed by atoms with Crippen molar-refractivity contribution in [1.82, 2.24) is 0 Å². The molecule has 0 aliphatic heterocycles. The first-order chi connectivity index (χ1) is 8.66. The Labute approximate surface area is 114 Å². The molecule has 18 heavy (non-hydrogen) atoms. The van der Waals surface area contributed by atoms with Gasteiger partial charge in [0.05, 0.1) is 10.7 Å². The lowest BCUT2D eigenvalue weighted by molar-refractivity contribution is 0.0957. The Bertz CT molecular complexity index is 423. The van der Waals surface area contributed by atoms with E-state index in [0.29, 0.717) is 28.6 Å². The number of ketones is 1. The van der Waals surface area contributed by atoms with Crippen molar-refractivity contribution in [3.05, 3.63) is 28.8 Å². The van der Waals surface area contributed by atoms with E-state index in [1.54, 1.807) is 18.2 Å². The maximum atomic E-state index is 12.2. The maximum Gasteiger partial charge on any atom is 0.163 e. The zero-order valence-electron chi connectivity index (χ0n) is 10.6. The van der Waals surface area contributed by atoms with E-state index in [4.69, 9.17) is 17.3 Å². The van der Waals surface area contributed by atoms with Crippen molar-refractivity contribution in [2.75, 3.05) is 5.73 Å². The van der Waals surface area contributed by atoms with Crippen LogP contribution >= 0.6 is 11.6 Å². The number of carbonyl (C=O) groups is 1. The van der Waals surface area contributed by atoms with Crippen molar-refractivity contribution in [2.45, 2.75) is 44.9 Å². The minimum absolute atomic E-state index is 0.198. The monoisotopic (exact) mass is 265 g/mol. The summed E-state index contributed by atoms with van der Waals surface area (Å²) in [4.78, 5) is 12.2. The second kappa shape index (κ2) is 6.24. The standard InChI is InChI=1S/C15H20ClNO/c16-13-10-12(7-8-14(13)17)15(18)9-11-5-3-1-2-4-6-11/h7-8,10-11H,1-6,9,17H2. The number of rotatable bonds is 3. The van der Waals surface area contributed by atoms with Gasteiger partial charge in [-0.15, -0.1) is 0 Å². The molecular weight excluding hydrogens is 246 g/mol. The molecule has 2 rings (SSSR count). The van der Waals surface area contributed by atoms with Gasteiger partial charge in [0.15, 0.2) is 5.78 Å². The highest BCUT2D eigenvalue weighted by Gasteiger charge is 2.17. The Morgan fingerprint density at radius 3 is 2.50 bits per heavy atom. The number of anilines is 1. The summed E-state index contributed by atoms with van der Waals surface area (Å²) >= 11 is 5.95. The van der Waals surface area contributed by atoms with E-state index in [2.05, 4.69) is 0 Å². The minimum atomic E-state index is 0.198. The quantitative estimate of drug-likeness (QED) is 0.498. The van der Waals surface area contributed by atoms with Gasteiger partial charge in [0, 0.05) is 12.0 Å². The number of Topliss-reactive ketones (excluding diaryl/α,β-unsaturated/α-hetero) is 1. The average molecular weight is 266 g/mol. The zero-order chi connectivity index (χ0) is 13.0. The topological polar surface area (TPSA) is 43.1 Å². The summed E-state index contributed by atoms with van der Waals surface area (Å²) in [5, 5.41) is 0.474. The third kappa shape index (κ3) is 3.49. The van der Waals surface area contributed by atoms with E-state index in [1.165, 1.54) is 38.5 Å². The largest absolute Gasteiger partial charge is 0.398 e. The Morgan fingerprint density at radius 1 is 1.22 bits per heavy atom. The molecule has 1 aliphatic carbocycles. The molecule has 1 aromatic carbocycles. The van der Waals surface area contributed by atoms with Gasteiger partial charge in [-0.1, -0.05) is 50.1 Å². The first-order valence-electron chi connectivity index (χ1n) is 6.75. The third-order valence-electron chi connectivity index (χ3n) is 3.77. The van der Waals surface area contributed by atoms with E-state index in [0.717, 1.165) is 0 Å². The SMILES string of the molecule is Nc1ccc(C(=O)CC2CCCCCC2)cc1Cl. The van der Waals surface area contributed by atoms with Crippen LogP contribution in [0.2, 0.25) is 5.02 Å². The molecule has 0 aromatic heterocycles. The summed E-state index contributed by atoms with van der Waals surface area (Å²) in [5.74, 6) is 0.750. The lowest BCUT2D eigenvalue weighted by Crippen LogP contribution is -2.08. The third-order valence-corrected chi connectivity index (χ3v) is 4.10. The van der Waals surface area contributed by atoms with Crippen molar-refractivity contribution < 1.29 is 4.79 Å². The van der Waals surface area contributed by atoms with Crippen LogP contribution in [-0.4, -0.2) is 5.78 Å². The highest BCUT2D eigenvalue weighted by atomic mass is 35.5. The van der Waals surface area contributed by atoms with Crippen molar-refractivity contribution in [3.8, 4) is 0 Å². The van der Waals surface area contributed by atoms with Gasteiger partial charge in [-0.05, 0) is 24.1 Å². The fourth-order valence-corrected chi connectivity index (χ4v) is 2.83. The first-order valence-corrected chi connectivity index (χ1v) is 7.13. The van der Waals surface area contributed by atoms with Crippen LogP contribution in [0.5, 0.6) is 0 Å². The average Bonchev–Trinajstić information content (AvgIpc) is 2.61. The Morgan fingerprint density at radius 2 is 1.89 bits per heavy atom. The molecule has 3 heteroatoms. The van der Waals surface area contributed by atoms with Gasteiger partial charge in [-0.3, -0.25) is 4.79 Å². The van der Waals surface area contributed by atoms with Gasteiger partial charge in [0.25, 0.3) is 0 Å². The molecule has 0 bridgehead atoms. The van der Waals surface area contributed by atoms with Crippen LogP contribution in [0.1, 0.15) is 55.3 Å². The van der Waals surface area contributed by atoms with Crippen LogP contribution in [0.15, 0.2) is 18.2 Å². The van der Waals surface area contributed by atoms with Crippen LogP contribution < -0.4 is 5.73 Å². The van der Waals surface area contributed by atoms with Crippen molar-refractivity contribution in [1.29, 1.82) is 0 Å². The molecule has 0 heterocycles. The Balaban J connectivity index is 1.99. The van der Waals surface area contributed by atoms with Gasteiger partial charge >= 0.3 is 0 Å². The number of halogens is 1. The highest BCUT2D eigenvalue weighted by molar-refractivity contribution is 6.33. The lowest BCUT2D eigenvalue weighted by atomic mass is 9.92. The van der Waals surface area contributed by atoms with Crippen LogP contribution in [0.3, 0.4) is 0 Å². The van der Waals surface area contributed by atoms with E-state index in [9.17, 15) is 4.79 Å². The Kier molecular flexibility index (Phi) is 4.65. The zero-order valence-corrected chi connectivity index (χ0v) is 11.4. The number of hydrogen-bond acceptors (Lipinski definition) is 2. The fourth-order valence-electron chi connectivity index (χ4n) is 2.65. The second-order valence-electron chi connectivity index (χ2n) is 5.22. The Hall–Kier alpha value is -1.02. The van der Waals surface area contributed by atoms with Crippen LogP contribution in [-0.2, 0) is 0 Å². The number of hydrogen-bond donors (Lipinski definition) is 1. The number of carbonyl (C=O) groups excluding carboxylic acids is 1. The summed E-state index contributed by atoms with van der Waals surface area (Å²) < 4.78 is 0. The summed E-state index contributed by atoms with van der Waals surface area (Å²) in [7, 11) is 0. The normalized spacial score (nSPS) is 17.4. The number of nitrogen functional groups attached to an aromatic ring is 1. The van der Waals surface area contributed by atoms with Crippen molar-refractivity contribution in [3.63, 3.8) is 0 Å². The predicted octanol–water partition coefficient (Wildman–Crippen LogP) is 4.47. The van der Waals surface area contributed by atoms with E-state index >= 15 is 0 Å². The van der Waals surface area contributed by atoms with Crippen molar-refractivity contribution >= 4 is 23.1 Å². The van der Waals surface area contributed by atoms with Crippen LogP contribution in [0.4, 0.5) is 5.69 Å². The van der Waals surface area contributed by atoms with Crippen LogP contribution in [0, 0.1) is 5.92 Å². The molecule has 2 nitrogen and oxygen atoms in total. The molecular formula is C15H20ClNO. The number of nitrogens with two attached hydrogens (primary N) is 1. The van der Waals surface area contributed by atoms with E-state index in [1.807, 2.05) is 0 Å². The summed E-state index contributed by atoms with van der Waals surface area (Å²) in [6, 6.07) is 5.18. The summed E-state index contributed by atoms with van der Waals surface area (Å²) in [5.41, 5.74) is 6.87. The van der Waals surface area contributed by atoms with Crippen LogP contribution in [0.25, 0.3) is 0 Å². The second-order valence-corrected chi connectivity index (χ2v) is 5.63. The number of benzene rings is 1. The van der Waals surface area contributed by atoms with Gasteiger partial charge in [-0.2, -0.15) is 0 Å². The van der Waals surface area contributed by atoms with Gasteiger partial charge in [-0.25, -0.2) is 0 Å². The molecule has 98 valence electrons. The summed E-state index contributed by atoms with van der Waals surface area (Å²) in [6.07, 6.45) is 8.20. The molecule has 1 aliphatic rings. The lowest BCUT2D eigenvalue weighted by Gasteiger charge is -2.13. The molecule has 2 N–H and O–H groups in total. The molecule has 0 amide bonds. The van der Waals surface area contributed by atoms with E-state index in [-0.39, 0.29) is 5.78 Å². The summed E-state index contributed by atoms with van der Waals surface area (Å²) in [6.45, 7) is 0. The minimum Gasteiger partial charge on any atom is -0.398 e.